The molecule has 59 valence electrons. The Labute approximate surface area is 75.8 Å². The number of rotatable bonds is 0. The third-order valence-corrected chi connectivity index (χ3v) is 2.13. The van der Waals surface area contributed by atoms with Crippen molar-refractivity contribution in [2.24, 2.45) is 0 Å². The summed E-state index contributed by atoms with van der Waals surface area (Å²) in [6, 6.07) is 12.4. The lowest BCUT2D eigenvalue weighted by Gasteiger charge is -2.00. The number of hydrogen-bond acceptors (Lipinski definition) is 1. The van der Waals surface area contributed by atoms with E-state index < -0.39 is 0 Å². The quantitative estimate of drug-likeness (QED) is 0.614. The SMILES string of the molecule is Nc1cc2c[c]ccc2cc1Cl. The number of halogens is 1. The first kappa shape index (κ1) is 7.44. The zero-order valence-corrected chi connectivity index (χ0v) is 7.10. The second kappa shape index (κ2) is 2.68. The van der Waals surface area contributed by atoms with Gasteiger partial charge in [0.15, 0.2) is 0 Å². The monoisotopic (exact) mass is 176 g/mol. The predicted molar refractivity (Wildman–Crippen MR) is 52.2 cm³/mol. The topological polar surface area (TPSA) is 26.0 Å². The Morgan fingerprint density at radius 2 is 2.08 bits per heavy atom. The van der Waals surface area contributed by atoms with Gasteiger partial charge < -0.3 is 5.73 Å². The number of hydrogen-bond donors (Lipinski definition) is 1. The van der Waals surface area contributed by atoms with Crippen LogP contribution in [0.25, 0.3) is 10.8 Å². The highest BCUT2D eigenvalue weighted by atomic mass is 35.5. The van der Waals surface area contributed by atoms with Crippen molar-refractivity contribution in [1.82, 2.24) is 0 Å². The molecule has 2 N–H and O–H groups in total. The van der Waals surface area contributed by atoms with Gasteiger partial charge in [-0.1, -0.05) is 23.7 Å². The zero-order valence-electron chi connectivity index (χ0n) is 6.34. The summed E-state index contributed by atoms with van der Waals surface area (Å²) in [4.78, 5) is 0. The molecule has 2 aromatic carbocycles. The number of nitrogens with two attached hydrogens (primary N) is 1. The van der Waals surface area contributed by atoms with Crippen molar-refractivity contribution in [2.75, 3.05) is 5.73 Å². The van der Waals surface area contributed by atoms with Crippen molar-refractivity contribution < 1.29 is 0 Å². The molecule has 2 rings (SSSR count). The maximum atomic E-state index is 5.85. The second-order valence-electron chi connectivity index (χ2n) is 2.65. The first-order valence-corrected chi connectivity index (χ1v) is 4.00. The molecule has 2 heteroatoms. The highest BCUT2D eigenvalue weighted by Gasteiger charge is 1.97. The Morgan fingerprint density at radius 3 is 2.92 bits per heavy atom. The van der Waals surface area contributed by atoms with Crippen LogP contribution in [0.15, 0.2) is 30.3 Å². The van der Waals surface area contributed by atoms with Crippen molar-refractivity contribution in [3.8, 4) is 0 Å². The highest BCUT2D eigenvalue weighted by Crippen LogP contribution is 2.25. The Hall–Kier alpha value is -1.21. The summed E-state index contributed by atoms with van der Waals surface area (Å²) in [5, 5.41) is 2.76. The van der Waals surface area contributed by atoms with Crippen molar-refractivity contribution >= 4 is 28.1 Å². The van der Waals surface area contributed by atoms with Gasteiger partial charge in [0.25, 0.3) is 0 Å². The van der Waals surface area contributed by atoms with Crippen LogP contribution in [-0.2, 0) is 0 Å². The summed E-state index contributed by atoms with van der Waals surface area (Å²) in [6.07, 6.45) is 0. The lowest BCUT2D eigenvalue weighted by atomic mass is 10.1. The van der Waals surface area contributed by atoms with Gasteiger partial charge in [0.05, 0.1) is 10.7 Å². The molecule has 0 aliphatic rings. The molecule has 0 aromatic heterocycles. The maximum absolute atomic E-state index is 5.85. The molecule has 2 aromatic rings. The number of benzene rings is 2. The minimum Gasteiger partial charge on any atom is -0.398 e. The van der Waals surface area contributed by atoms with E-state index in [1.807, 2.05) is 30.3 Å². The second-order valence-corrected chi connectivity index (χ2v) is 3.05. The first-order chi connectivity index (χ1) is 5.77. The van der Waals surface area contributed by atoms with Crippen molar-refractivity contribution in [3.63, 3.8) is 0 Å². The Morgan fingerprint density at radius 1 is 1.25 bits per heavy atom. The molecule has 0 fully saturated rings. The fourth-order valence-electron chi connectivity index (χ4n) is 1.17. The molecule has 0 amide bonds. The Balaban J connectivity index is 2.84. The van der Waals surface area contributed by atoms with E-state index in [0.717, 1.165) is 10.8 Å². The van der Waals surface area contributed by atoms with E-state index >= 15 is 0 Å². The average molecular weight is 177 g/mol. The van der Waals surface area contributed by atoms with Crippen LogP contribution >= 0.6 is 11.6 Å². The summed E-state index contributed by atoms with van der Waals surface area (Å²) in [6.45, 7) is 0. The molecule has 12 heavy (non-hydrogen) atoms. The van der Waals surface area contributed by atoms with Gasteiger partial charge in [0.2, 0.25) is 0 Å². The van der Waals surface area contributed by atoms with E-state index in [-0.39, 0.29) is 0 Å². The predicted octanol–water partition coefficient (Wildman–Crippen LogP) is 2.88. The highest BCUT2D eigenvalue weighted by molar-refractivity contribution is 6.33. The van der Waals surface area contributed by atoms with Gasteiger partial charge >= 0.3 is 0 Å². The van der Waals surface area contributed by atoms with Crippen LogP contribution in [0.4, 0.5) is 5.69 Å². The third kappa shape index (κ3) is 1.12. The maximum Gasteiger partial charge on any atom is 0.0641 e. The summed E-state index contributed by atoms with van der Waals surface area (Å²) in [5.41, 5.74) is 6.25. The van der Waals surface area contributed by atoms with Gasteiger partial charge in [-0.2, -0.15) is 0 Å². The van der Waals surface area contributed by atoms with Crippen LogP contribution < -0.4 is 5.73 Å². The zero-order chi connectivity index (χ0) is 8.55. The van der Waals surface area contributed by atoms with Crippen molar-refractivity contribution in [2.45, 2.75) is 0 Å². The molecule has 0 saturated carbocycles. The van der Waals surface area contributed by atoms with Gasteiger partial charge in [0, 0.05) is 0 Å². The van der Waals surface area contributed by atoms with Crippen LogP contribution in [0.5, 0.6) is 0 Å². The molecule has 0 saturated heterocycles. The smallest absolute Gasteiger partial charge is 0.0641 e. The van der Waals surface area contributed by atoms with Gasteiger partial charge in [-0.3, -0.25) is 0 Å². The summed E-state index contributed by atoms with van der Waals surface area (Å²) >= 11 is 5.85. The lowest BCUT2D eigenvalue weighted by Crippen LogP contribution is -1.85. The minimum atomic E-state index is 0.605. The molecular weight excluding hydrogens is 170 g/mol. The molecule has 0 aliphatic carbocycles. The Kier molecular flexibility index (Phi) is 1.66. The summed E-state index contributed by atoms with van der Waals surface area (Å²) < 4.78 is 0. The minimum absolute atomic E-state index is 0.605. The molecule has 0 bridgehead atoms. The van der Waals surface area contributed by atoms with Crippen LogP contribution in [0.2, 0.25) is 5.02 Å². The number of fused-ring (bicyclic) bond motifs is 1. The molecule has 0 heterocycles. The van der Waals surface area contributed by atoms with E-state index in [9.17, 15) is 0 Å². The number of anilines is 1. The lowest BCUT2D eigenvalue weighted by molar-refractivity contribution is 1.71. The van der Waals surface area contributed by atoms with Crippen LogP contribution in [0, 0.1) is 6.07 Å². The average Bonchev–Trinajstić information content (AvgIpc) is 2.07. The van der Waals surface area contributed by atoms with E-state index in [0.29, 0.717) is 10.7 Å². The van der Waals surface area contributed by atoms with Gasteiger partial charge in [-0.15, -0.1) is 0 Å². The molecule has 0 unspecified atom stereocenters. The van der Waals surface area contributed by atoms with Crippen molar-refractivity contribution in [3.05, 3.63) is 41.4 Å². The van der Waals surface area contributed by atoms with E-state index in [1.165, 1.54) is 0 Å². The largest absolute Gasteiger partial charge is 0.398 e. The molecular formula is C10H7ClN. The van der Waals surface area contributed by atoms with Gasteiger partial charge in [-0.05, 0) is 35.0 Å². The molecule has 0 atom stereocenters. The molecule has 1 radical (unpaired) electrons. The first-order valence-electron chi connectivity index (χ1n) is 3.62. The van der Waals surface area contributed by atoms with E-state index in [1.54, 1.807) is 0 Å². The summed E-state index contributed by atoms with van der Waals surface area (Å²) in [5.74, 6) is 0. The normalized spacial score (nSPS) is 10.4. The fourth-order valence-corrected chi connectivity index (χ4v) is 1.34. The van der Waals surface area contributed by atoms with Crippen LogP contribution in [-0.4, -0.2) is 0 Å². The van der Waals surface area contributed by atoms with Crippen molar-refractivity contribution in [1.29, 1.82) is 0 Å². The standard InChI is InChI=1S/C10H7ClN/c11-9-5-7-3-1-2-4-8(7)6-10(9)12/h1,3-6H,12H2. The molecule has 0 aliphatic heterocycles. The van der Waals surface area contributed by atoms with E-state index in [2.05, 4.69) is 6.07 Å². The fraction of sp³-hybridized carbons (Fsp3) is 0. The Bertz CT molecular complexity index is 383. The van der Waals surface area contributed by atoms with Gasteiger partial charge in [0.1, 0.15) is 0 Å². The molecule has 1 nitrogen and oxygen atoms in total. The number of nitrogen functional groups attached to an aromatic ring is 1. The van der Waals surface area contributed by atoms with E-state index in [4.69, 9.17) is 17.3 Å². The van der Waals surface area contributed by atoms with Gasteiger partial charge in [-0.25, -0.2) is 0 Å². The van der Waals surface area contributed by atoms with Crippen LogP contribution in [0.3, 0.4) is 0 Å². The third-order valence-electron chi connectivity index (χ3n) is 1.80. The van der Waals surface area contributed by atoms with Crippen LogP contribution in [0.1, 0.15) is 0 Å². The summed E-state index contributed by atoms with van der Waals surface area (Å²) in [7, 11) is 0. The molecule has 0 spiro atoms.